The number of carbonyl (C=O) groups is 1. The highest BCUT2D eigenvalue weighted by Gasteiger charge is 2.31. The molecule has 0 saturated heterocycles. The van der Waals surface area contributed by atoms with Gasteiger partial charge in [-0.2, -0.15) is 18.3 Å². The number of benzene rings is 1. The molecule has 1 aromatic carbocycles. The molecule has 0 aliphatic heterocycles. The summed E-state index contributed by atoms with van der Waals surface area (Å²) in [4.78, 5) is 15.7. The molecule has 0 saturated carbocycles. The van der Waals surface area contributed by atoms with E-state index in [1.807, 2.05) is 0 Å². The number of rotatable bonds is 4. The van der Waals surface area contributed by atoms with Crippen LogP contribution in [0.4, 0.5) is 13.2 Å². The van der Waals surface area contributed by atoms with Crippen LogP contribution in [0, 0.1) is 0 Å². The van der Waals surface area contributed by atoms with E-state index in [1.165, 1.54) is 25.4 Å². The highest BCUT2D eigenvalue weighted by molar-refractivity contribution is 6.30. The zero-order valence-corrected chi connectivity index (χ0v) is 12.1. The standard InChI is InChI=1S/C13H12ClF3N4O/c1-7(14)12(22)20-10(11-18-6-19-21-11)8-3-2-4-9(5-8)13(15,16)17/h2-7,10H,1H3,(H,20,22)(H,18,19,21). The maximum Gasteiger partial charge on any atom is 0.416 e. The van der Waals surface area contributed by atoms with Crippen molar-refractivity contribution in [3.8, 4) is 0 Å². The first-order valence-electron chi connectivity index (χ1n) is 6.26. The number of hydrogen-bond acceptors (Lipinski definition) is 3. The number of carbonyl (C=O) groups excluding carboxylic acids is 1. The van der Waals surface area contributed by atoms with Crippen molar-refractivity contribution in [3.05, 3.63) is 47.5 Å². The molecular weight excluding hydrogens is 321 g/mol. The second-order valence-electron chi connectivity index (χ2n) is 4.55. The lowest BCUT2D eigenvalue weighted by Gasteiger charge is -2.19. The minimum Gasteiger partial charge on any atom is -0.341 e. The van der Waals surface area contributed by atoms with Crippen LogP contribution in [0.2, 0.25) is 0 Å². The van der Waals surface area contributed by atoms with Gasteiger partial charge in [0.15, 0.2) is 5.82 Å². The molecule has 2 rings (SSSR count). The molecule has 1 aromatic heterocycles. The fourth-order valence-electron chi connectivity index (χ4n) is 1.82. The number of H-pyrrole nitrogens is 1. The number of amides is 1. The Kier molecular flexibility index (Phi) is 4.70. The van der Waals surface area contributed by atoms with Gasteiger partial charge in [0.25, 0.3) is 0 Å². The molecule has 0 spiro atoms. The SMILES string of the molecule is CC(Cl)C(=O)NC(c1cccc(C(F)(F)F)c1)c1ncn[nH]1. The van der Waals surface area contributed by atoms with Gasteiger partial charge in [-0.15, -0.1) is 11.6 Å². The monoisotopic (exact) mass is 332 g/mol. The lowest BCUT2D eigenvalue weighted by molar-refractivity contribution is -0.137. The first-order valence-corrected chi connectivity index (χ1v) is 6.69. The molecule has 9 heteroatoms. The zero-order chi connectivity index (χ0) is 16.3. The number of aromatic amines is 1. The Hall–Kier alpha value is -2.09. The number of halogens is 4. The van der Waals surface area contributed by atoms with E-state index in [-0.39, 0.29) is 11.4 Å². The summed E-state index contributed by atoms with van der Waals surface area (Å²) < 4.78 is 38.5. The molecule has 1 heterocycles. The Bertz CT molecular complexity index is 643. The minimum absolute atomic E-state index is 0.213. The summed E-state index contributed by atoms with van der Waals surface area (Å²) in [5.74, 6) is -0.314. The molecule has 2 unspecified atom stereocenters. The van der Waals surface area contributed by atoms with Crippen molar-refractivity contribution in [1.82, 2.24) is 20.5 Å². The molecule has 0 radical (unpaired) electrons. The van der Waals surface area contributed by atoms with E-state index in [1.54, 1.807) is 0 Å². The van der Waals surface area contributed by atoms with Crippen LogP contribution in [-0.2, 0) is 11.0 Å². The van der Waals surface area contributed by atoms with Crippen LogP contribution in [0.3, 0.4) is 0 Å². The fourth-order valence-corrected chi connectivity index (χ4v) is 1.88. The molecule has 0 bridgehead atoms. The molecule has 0 fully saturated rings. The zero-order valence-electron chi connectivity index (χ0n) is 11.4. The third-order valence-corrected chi connectivity index (χ3v) is 3.10. The molecule has 2 N–H and O–H groups in total. The topological polar surface area (TPSA) is 70.7 Å². The largest absolute Gasteiger partial charge is 0.416 e. The van der Waals surface area contributed by atoms with Crippen LogP contribution in [-0.4, -0.2) is 26.5 Å². The van der Waals surface area contributed by atoms with Crippen molar-refractivity contribution in [1.29, 1.82) is 0 Å². The lowest BCUT2D eigenvalue weighted by atomic mass is 10.0. The van der Waals surface area contributed by atoms with E-state index in [2.05, 4.69) is 20.5 Å². The van der Waals surface area contributed by atoms with Crippen LogP contribution in [0.1, 0.15) is 29.9 Å². The van der Waals surface area contributed by atoms with Gasteiger partial charge in [0, 0.05) is 0 Å². The van der Waals surface area contributed by atoms with Gasteiger partial charge in [0.1, 0.15) is 17.7 Å². The molecule has 0 aliphatic carbocycles. The van der Waals surface area contributed by atoms with Crippen LogP contribution in [0.25, 0.3) is 0 Å². The van der Waals surface area contributed by atoms with Gasteiger partial charge in [-0.05, 0) is 24.6 Å². The third kappa shape index (κ3) is 3.76. The Morgan fingerprint density at radius 1 is 1.41 bits per heavy atom. The summed E-state index contributed by atoms with van der Waals surface area (Å²) in [6, 6.07) is 3.72. The molecule has 22 heavy (non-hydrogen) atoms. The Balaban J connectivity index is 2.39. The number of nitrogens with one attached hydrogen (secondary N) is 2. The highest BCUT2D eigenvalue weighted by Crippen LogP contribution is 2.31. The summed E-state index contributed by atoms with van der Waals surface area (Å²) in [6.07, 6.45) is -3.28. The van der Waals surface area contributed by atoms with Gasteiger partial charge < -0.3 is 5.32 Å². The Morgan fingerprint density at radius 3 is 2.68 bits per heavy atom. The van der Waals surface area contributed by atoms with Gasteiger partial charge in [-0.3, -0.25) is 9.89 Å². The van der Waals surface area contributed by atoms with Gasteiger partial charge in [0.05, 0.1) is 5.56 Å². The maximum absolute atomic E-state index is 12.8. The number of hydrogen-bond donors (Lipinski definition) is 2. The van der Waals surface area contributed by atoms with E-state index < -0.39 is 29.1 Å². The van der Waals surface area contributed by atoms with E-state index in [4.69, 9.17) is 11.6 Å². The van der Waals surface area contributed by atoms with E-state index in [9.17, 15) is 18.0 Å². The Morgan fingerprint density at radius 2 is 2.14 bits per heavy atom. The normalized spacial score (nSPS) is 14.4. The molecule has 0 aliphatic rings. The molecule has 1 amide bonds. The number of alkyl halides is 4. The van der Waals surface area contributed by atoms with Crippen LogP contribution in [0.15, 0.2) is 30.6 Å². The minimum atomic E-state index is -4.48. The first-order chi connectivity index (χ1) is 10.3. The summed E-state index contributed by atoms with van der Waals surface area (Å²) in [5.41, 5.74) is -0.597. The molecular formula is C13H12ClF3N4O. The smallest absolute Gasteiger partial charge is 0.341 e. The van der Waals surface area contributed by atoms with Crippen molar-refractivity contribution in [2.24, 2.45) is 0 Å². The average molecular weight is 333 g/mol. The quantitative estimate of drug-likeness (QED) is 0.846. The van der Waals surface area contributed by atoms with Crippen LogP contribution in [0.5, 0.6) is 0 Å². The summed E-state index contributed by atoms with van der Waals surface area (Å²) in [6.45, 7) is 1.46. The number of nitrogens with zero attached hydrogens (tertiary/aromatic N) is 2. The molecule has 118 valence electrons. The van der Waals surface area contributed by atoms with Crippen molar-refractivity contribution in [2.45, 2.75) is 24.5 Å². The van der Waals surface area contributed by atoms with Gasteiger partial charge in [-0.25, -0.2) is 4.98 Å². The van der Waals surface area contributed by atoms with Crippen molar-refractivity contribution in [2.75, 3.05) is 0 Å². The van der Waals surface area contributed by atoms with Gasteiger partial charge in [0.2, 0.25) is 5.91 Å². The summed E-state index contributed by atoms with van der Waals surface area (Å²) >= 11 is 5.69. The summed E-state index contributed by atoms with van der Waals surface area (Å²) in [5, 5.41) is 7.89. The van der Waals surface area contributed by atoms with Crippen LogP contribution >= 0.6 is 11.6 Å². The third-order valence-electron chi connectivity index (χ3n) is 2.90. The maximum atomic E-state index is 12.8. The average Bonchev–Trinajstić information content (AvgIpc) is 2.97. The van der Waals surface area contributed by atoms with E-state index in [0.29, 0.717) is 0 Å². The van der Waals surface area contributed by atoms with Crippen molar-refractivity contribution >= 4 is 17.5 Å². The highest BCUT2D eigenvalue weighted by atomic mass is 35.5. The first kappa shape index (κ1) is 16.3. The predicted octanol–water partition coefficient (Wildman–Crippen LogP) is 2.66. The predicted molar refractivity (Wildman–Crippen MR) is 73.1 cm³/mol. The van der Waals surface area contributed by atoms with Crippen molar-refractivity contribution in [3.63, 3.8) is 0 Å². The van der Waals surface area contributed by atoms with Crippen LogP contribution < -0.4 is 5.32 Å². The van der Waals surface area contributed by atoms with E-state index >= 15 is 0 Å². The van der Waals surface area contributed by atoms with Gasteiger partial charge in [-0.1, -0.05) is 12.1 Å². The molecule has 2 aromatic rings. The fraction of sp³-hybridized carbons (Fsp3) is 0.308. The van der Waals surface area contributed by atoms with Gasteiger partial charge >= 0.3 is 6.18 Å². The van der Waals surface area contributed by atoms with E-state index in [0.717, 1.165) is 12.1 Å². The second kappa shape index (κ2) is 6.35. The number of aromatic nitrogens is 3. The van der Waals surface area contributed by atoms with Crippen molar-refractivity contribution < 1.29 is 18.0 Å². The molecule has 2 atom stereocenters. The molecule has 5 nitrogen and oxygen atoms in total. The second-order valence-corrected chi connectivity index (χ2v) is 5.21. The Labute approximate surface area is 128 Å². The lowest BCUT2D eigenvalue weighted by Crippen LogP contribution is -2.34. The summed E-state index contributed by atoms with van der Waals surface area (Å²) in [7, 11) is 0.